The van der Waals surface area contributed by atoms with Gasteiger partial charge in [0.2, 0.25) is 0 Å². The van der Waals surface area contributed by atoms with Crippen molar-refractivity contribution in [2.45, 2.75) is 32.8 Å². The van der Waals surface area contributed by atoms with Gasteiger partial charge in [-0.1, -0.05) is 0 Å². The Morgan fingerprint density at radius 1 is 0.913 bits per heavy atom. The van der Waals surface area contributed by atoms with Gasteiger partial charge in [0.05, 0.1) is 25.7 Å². The van der Waals surface area contributed by atoms with Crippen molar-refractivity contribution < 1.29 is 34.7 Å². The van der Waals surface area contributed by atoms with Crippen LogP contribution in [0.2, 0.25) is 0 Å². The maximum absolute atomic E-state index is 12.0. The average Bonchev–Trinajstić information content (AvgIpc) is 2.26. The molecule has 0 rings (SSSR count). The van der Waals surface area contributed by atoms with Gasteiger partial charge >= 0.3 is 6.09 Å². The first kappa shape index (κ1) is 22.1. The van der Waals surface area contributed by atoms with Crippen LogP contribution in [0.25, 0.3) is 0 Å². The van der Waals surface area contributed by atoms with Crippen LogP contribution in [0.3, 0.4) is 0 Å². The molecule has 9 nitrogen and oxygen atoms in total. The molecule has 0 saturated carbocycles. The smallest absolute Gasteiger partial charge is 0.410 e. The Bertz CT molecular complexity index is 577. The number of ether oxygens (including phenoxy) is 1. The van der Waals surface area contributed by atoms with Crippen molar-refractivity contribution in [3.8, 4) is 0 Å². The summed E-state index contributed by atoms with van der Waals surface area (Å²) in [7, 11) is -7.15. The summed E-state index contributed by atoms with van der Waals surface area (Å²) in [5.41, 5.74) is -0.712. The number of hydrogen-bond acceptors (Lipinski definition) is 8. The second kappa shape index (κ2) is 8.81. The van der Waals surface area contributed by atoms with Gasteiger partial charge in [0.1, 0.15) is 5.60 Å². The monoisotopic (exact) mass is 375 g/mol. The Kier molecular flexibility index (Phi) is 8.46. The summed E-state index contributed by atoms with van der Waals surface area (Å²) in [6.07, 6.45) is 1.43. The molecule has 1 amide bonds. The fraction of sp³-hybridized carbons (Fsp3) is 0.917. The van der Waals surface area contributed by atoms with Crippen LogP contribution in [-0.2, 0) is 33.3 Å². The molecule has 0 aliphatic carbocycles. The lowest BCUT2D eigenvalue weighted by molar-refractivity contribution is 0.0220. The van der Waals surface area contributed by atoms with E-state index >= 15 is 0 Å². The summed E-state index contributed by atoms with van der Waals surface area (Å²) in [6, 6.07) is 0. The van der Waals surface area contributed by atoms with Crippen LogP contribution in [0.5, 0.6) is 0 Å². The van der Waals surface area contributed by atoms with Crippen LogP contribution in [-0.4, -0.2) is 72.2 Å². The highest BCUT2D eigenvalue weighted by atomic mass is 32.2. The van der Waals surface area contributed by atoms with Gasteiger partial charge < -0.3 is 9.64 Å². The topological polar surface area (TPSA) is 116 Å². The number of nitrogens with zero attached hydrogens (tertiary/aromatic N) is 1. The van der Waals surface area contributed by atoms with Gasteiger partial charge in [0.25, 0.3) is 20.2 Å². The zero-order valence-corrected chi connectivity index (χ0v) is 15.7. The molecule has 0 saturated heterocycles. The third-order valence-electron chi connectivity index (χ3n) is 2.18. The lowest BCUT2D eigenvalue weighted by atomic mass is 10.2. The van der Waals surface area contributed by atoms with Gasteiger partial charge in [-0.15, -0.1) is 0 Å². The van der Waals surface area contributed by atoms with E-state index in [0.29, 0.717) is 0 Å². The van der Waals surface area contributed by atoms with E-state index in [2.05, 4.69) is 8.37 Å². The molecule has 0 spiro atoms. The van der Waals surface area contributed by atoms with E-state index < -0.39 is 31.9 Å². The molecule has 138 valence electrons. The Balaban J connectivity index is 4.57. The third kappa shape index (κ3) is 14.4. The van der Waals surface area contributed by atoms with Crippen molar-refractivity contribution >= 4 is 26.3 Å². The summed E-state index contributed by atoms with van der Waals surface area (Å²) in [4.78, 5) is 13.3. The highest BCUT2D eigenvalue weighted by Gasteiger charge is 2.22. The van der Waals surface area contributed by atoms with Gasteiger partial charge in [0.15, 0.2) is 0 Å². The minimum Gasteiger partial charge on any atom is -0.444 e. The predicted octanol–water partition coefficient (Wildman–Crippen LogP) is 0.566. The van der Waals surface area contributed by atoms with Crippen molar-refractivity contribution in [3.63, 3.8) is 0 Å². The minimum atomic E-state index is -3.61. The Morgan fingerprint density at radius 3 is 1.83 bits per heavy atom. The first-order valence-electron chi connectivity index (χ1n) is 6.86. The average molecular weight is 375 g/mol. The van der Waals surface area contributed by atoms with Crippen LogP contribution in [0, 0.1) is 0 Å². The van der Waals surface area contributed by atoms with Crippen LogP contribution < -0.4 is 0 Å². The van der Waals surface area contributed by atoms with Gasteiger partial charge in [-0.3, -0.25) is 8.37 Å². The quantitative estimate of drug-likeness (QED) is 0.424. The van der Waals surface area contributed by atoms with Crippen LogP contribution >= 0.6 is 0 Å². The summed E-state index contributed by atoms with van der Waals surface area (Å²) >= 11 is 0. The molecule has 0 N–H and O–H groups in total. The molecule has 0 aliphatic heterocycles. The molecule has 0 aliphatic rings. The van der Waals surface area contributed by atoms with Crippen molar-refractivity contribution in [3.05, 3.63) is 0 Å². The molecule has 0 aromatic rings. The van der Waals surface area contributed by atoms with E-state index in [0.717, 1.165) is 12.5 Å². The lowest BCUT2D eigenvalue weighted by Gasteiger charge is -2.27. The van der Waals surface area contributed by atoms with Gasteiger partial charge in [0, 0.05) is 13.1 Å². The Morgan fingerprint density at radius 2 is 1.39 bits per heavy atom. The minimum absolute atomic E-state index is 0.0130. The van der Waals surface area contributed by atoms with Gasteiger partial charge in [-0.25, -0.2) is 4.79 Å². The number of rotatable bonds is 9. The number of hydrogen-bond donors (Lipinski definition) is 0. The standard InChI is InChI=1S/C12H25NO8S2/c1-12(2,3)21-11(14)13(8-10-20-23(5,17)18)7-6-9-19-22(4,15)16/h6-10H2,1-5H3. The normalized spacial score (nSPS) is 12.9. The molecule has 0 fully saturated rings. The first-order chi connectivity index (χ1) is 10.2. The maximum atomic E-state index is 12.0. The highest BCUT2D eigenvalue weighted by molar-refractivity contribution is 7.86. The van der Waals surface area contributed by atoms with E-state index in [9.17, 15) is 21.6 Å². The molecule has 0 aromatic carbocycles. The Hall–Kier alpha value is -0.910. The predicted molar refractivity (Wildman–Crippen MR) is 84.0 cm³/mol. The summed E-state index contributed by atoms with van der Waals surface area (Å²) in [5, 5.41) is 0. The van der Waals surface area contributed by atoms with E-state index in [-0.39, 0.29) is 32.7 Å². The third-order valence-corrected chi connectivity index (χ3v) is 3.37. The van der Waals surface area contributed by atoms with Gasteiger partial charge in [-0.05, 0) is 27.2 Å². The van der Waals surface area contributed by atoms with Crippen LogP contribution in [0.1, 0.15) is 27.2 Å². The van der Waals surface area contributed by atoms with Crippen LogP contribution in [0.15, 0.2) is 0 Å². The maximum Gasteiger partial charge on any atom is 0.410 e. The van der Waals surface area contributed by atoms with Crippen LogP contribution in [0.4, 0.5) is 4.79 Å². The molecule has 23 heavy (non-hydrogen) atoms. The number of amides is 1. The lowest BCUT2D eigenvalue weighted by Crippen LogP contribution is -2.39. The fourth-order valence-electron chi connectivity index (χ4n) is 1.39. The molecule has 11 heteroatoms. The molecule has 0 aromatic heterocycles. The largest absolute Gasteiger partial charge is 0.444 e. The van der Waals surface area contributed by atoms with E-state index in [1.807, 2.05) is 0 Å². The van der Waals surface area contributed by atoms with Crippen molar-refractivity contribution in [1.29, 1.82) is 0 Å². The van der Waals surface area contributed by atoms with Crippen molar-refractivity contribution in [2.24, 2.45) is 0 Å². The Labute approximate surface area is 138 Å². The zero-order chi connectivity index (χ0) is 18.3. The molecule has 0 heterocycles. The summed E-state index contributed by atoms with van der Waals surface area (Å²) in [6.45, 7) is 4.91. The van der Waals surface area contributed by atoms with E-state index in [1.54, 1.807) is 20.8 Å². The molecule has 0 radical (unpaired) electrons. The van der Waals surface area contributed by atoms with Gasteiger partial charge in [-0.2, -0.15) is 16.8 Å². The van der Waals surface area contributed by atoms with Crippen molar-refractivity contribution in [1.82, 2.24) is 4.90 Å². The molecular formula is C12H25NO8S2. The zero-order valence-electron chi connectivity index (χ0n) is 14.1. The molecule has 0 unspecified atom stereocenters. The SMILES string of the molecule is CC(C)(C)OC(=O)N(CCCOS(C)(=O)=O)CCOS(C)(=O)=O. The first-order valence-corrected chi connectivity index (χ1v) is 10.5. The molecular weight excluding hydrogens is 350 g/mol. The highest BCUT2D eigenvalue weighted by Crippen LogP contribution is 2.10. The van der Waals surface area contributed by atoms with E-state index in [1.165, 1.54) is 4.90 Å². The molecule has 0 atom stereocenters. The molecule has 0 bridgehead atoms. The summed E-state index contributed by atoms with van der Waals surface area (Å²) in [5.74, 6) is 0. The van der Waals surface area contributed by atoms with Crippen molar-refractivity contribution in [2.75, 3.05) is 38.8 Å². The summed E-state index contributed by atoms with van der Waals surface area (Å²) < 4.78 is 58.0. The number of carbonyl (C=O) groups is 1. The van der Waals surface area contributed by atoms with E-state index in [4.69, 9.17) is 4.74 Å². The number of carbonyl (C=O) groups excluding carboxylic acids is 1. The second-order valence-electron chi connectivity index (χ2n) is 5.87. The fourth-order valence-corrected chi connectivity index (χ4v) is 2.18. The second-order valence-corrected chi connectivity index (χ2v) is 9.16.